The first-order chi connectivity index (χ1) is 8.31. The van der Waals surface area contributed by atoms with Crippen LogP contribution in [0.15, 0.2) is 42.6 Å². The van der Waals surface area contributed by atoms with Crippen molar-refractivity contribution in [3.05, 3.63) is 53.9 Å². The summed E-state index contributed by atoms with van der Waals surface area (Å²) >= 11 is 0. The van der Waals surface area contributed by atoms with Gasteiger partial charge in [-0.15, -0.1) is 0 Å². The summed E-state index contributed by atoms with van der Waals surface area (Å²) in [7, 11) is 1.95. The largest absolute Gasteiger partial charge is 0.396 e. The van der Waals surface area contributed by atoms with Crippen molar-refractivity contribution in [3.63, 3.8) is 0 Å². The molecule has 3 heteroatoms. The van der Waals surface area contributed by atoms with Gasteiger partial charge in [0.05, 0.1) is 0 Å². The van der Waals surface area contributed by atoms with Crippen molar-refractivity contribution in [2.24, 2.45) is 7.05 Å². The monoisotopic (exact) mass is 230 g/mol. The molecule has 90 valence electrons. The third-order valence-electron chi connectivity index (χ3n) is 3.16. The smallest absolute Gasteiger partial charge is 0.0499 e. The first kappa shape index (κ1) is 11.9. The second-order valence-corrected chi connectivity index (χ2v) is 4.28. The molecule has 0 bridgehead atoms. The van der Waals surface area contributed by atoms with E-state index in [-0.39, 0.29) is 12.5 Å². The van der Waals surface area contributed by atoms with E-state index in [9.17, 15) is 5.11 Å². The molecule has 0 aliphatic rings. The molecule has 3 nitrogen and oxygen atoms in total. The van der Waals surface area contributed by atoms with E-state index >= 15 is 0 Å². The summed E-state index contributed by atoms with van der Waals surface area (Å²) in [4.78, 5) is 0. The Hall–Kier alpha value is -1.61. The van der Waals surface area contributed by atoms with Crippen molar-refractivity contribution in [3.8, 4) is 0 Å². The standard InChI is InChI=1S/C14H18N2O/c1-16-14(9-10-15-16)8-7-13(11-17)12-5-3-2-4-6-12/h2-6,9-10,13,17H,7-8,11H2,1H3. The van der Waals surface area contributed by atoms with Crippen LogP contribution in [0, 0.1) is 0 Å². The Morgan fingerprint density at radius 2 is 2.00 bits per heavy atom. The second-order valence-electron chi connectivity index (χ2n) is 4.28. The summed E-state index contributed by atoms with van der Waals surface area (Å²) in [5, 5.41) is 13.6. The number of nitrogens with zero attached hydrogens (tertiary/aromatic N) is 2. The maximum Gasteiger partial charge on any atom is 0.0499 e. The number of aromatic nitrogens is 2. The van der Waals surface area contributed by atoms with E-state index in [1.807, 2.05) is 42.2 Å². The van der Waals surface area contributed by atoms with Crippen LogP contribution < -0.4 is 0 Å². The number of rotatable bonds is 5. The van der Waals surface area contributed by atoms with Gasteiger partial charge >= 0.3 is 0 Å². The molecule has 1 unspecified atom stereocenters. The highest BCUT2D eigenvalue weighted by Crippen LogP contribution is 2.20. The molecule has 1 aromatic carbocycles. The van der Waals surface area contributed by atoms with Crippen molar-refractivity contribution < 1.29 is 5.11 Å². The van der Waals surface area contributed by atoms with Gasteiger partial charge in [0.15, 0.2) is 0 Å². The van der Waals surface area contributed by atoms with Crippen LogP contribution in [0.25, 0.3) is 0 Å². The van der Waals surface area contributed by atoms with Gasteiger partial charge < -0.3 is 5.11 Å². The molecule has 0 aliphatic heterocycles. The van der Waals surface area contributed by atoms with Gasteiger partial charge in [0.2, 0.25) is 0 Å². The lowest BCUT2D eigenvalue weighted by Gasteiger charge is -2.14. The Labute approximate surface area is 102 Å². The predicted molar refractivity (Wildman–Crippen MR) is 67.8 cm³/mol. The van der Waals surface area contributed by atoms with Gasteiger partial charge in [0.25, 0.3) is 0 Å². The number of aliphatic hydroxyl groups excluding tert-OH is 1. The van der Waals surface area contributed by atoms with E-state index in [0.29, 0.717) is 0 Å². The van der Waals surface area contributed by atoms with Gasteiger partial charge in [-0.05, 0) is 24.5 Å². The summed E-state index contributed by atoms with van der Waals surface area (Å²) in [6.45, 7) is 0.196. The summed E-state index contributed by atoms with van der Waals surface area (Å²) < 4.78 is 1.89. The fourth-order valence-electron chi connectivity index (χ4n) is 2.06. The molecule has 0 spiro atoms. The number of aryl methyl sites for hydroxylation is 2. The minimum absolute atomic E-state index is 0.196. The Morgan fingerprint density at radius 3 is 2.59 bits per heavy atom. The highest BCUT2D eigenvalue weighted by molar-refractivity contribution is 5.19. The van der Waals surface area contributed by atoms with Crippen LogP contribution in [0.4, 0.5) is 0 Å². The molecule has 0 radical (unpaired) electrons. The lowest BCUT2D eigenvalue weighted by molar-refractivity contribution is 0.259. The first-order valence-electron chi connectivity index (χ1n) is 5.94. The van der Waals surface area contributed by atoms with E-state index in [2.05, 4.69) is 17.2 Å². The molecule has 17 heavy (non-hydrogen) atoms. The molecule has 0 aliphatic carbocycles. The lowest BCUT2D eigenvalue weighted by atomic mass is 9.94. The Morgan fingerprint density at radius 1 is 1.24 bits per heavy atom. The SMILES string of the molecule is Cn1nccc1CCC(CO)c1ccccc1. The summed E-state index contributed by atoms with van der Waals surface area (Å²) in [5.41, 5.74) is 2.41. The van der Waals surface area contributed by atoms with E-state index in [4.69, 9.17) is 0 Å². The predicted octanol–water partition coefficient (Wildman–Crippen LogP) is 2.13. The quantitative estimate of drug-likeness (QED) is 0.854. The van der Waals surface area contributed by atoms with Gasteiger partial charge in [-0.2, -0.15) is 5.10 Å². The average Bonchev–Trinajstić information content (AvgIpc) is 2.77. The highest BCUT2D eigenvalue weighted by atomic mass is 16.3. The van der Waals surface area contributed by atoms with Crippen molar-refractivity contribution in [2.75, 3.05) is 6.61 Å². The molecule has 0 fully saturated rings. The Balaban J connectivity index is 1.99. The molecule has 0 saturated carbocycles. The van der Waals surface area contributed by atoms with Gasteiger partial charge in [-0.3, -0.25) is 4.68 Å². The summed E-state index contributed by atoms with van der Waals surface area (Å²) in [5.74, 6) is 0.214. The summed E-state index contributed by atoms with van der Waals surface area (Å²) in [6.07, 6.45) is 3.70. The minimum atomic E-state index is 0.196. The van der Waals surface area contributed by atoms with Crippen molar-refractivity contribution >= 4 is 0 Å². The first-order valence-corrected chi connectivity index (χ1v) is 5.94. The molecular weight excluding hydrogens is 212 g/mol. The zero-order valence-electron chi connectivity index (χ0n) is 10.1. The number of aliphatic hydroxyl groups is 1. The van der Waals surface area contributed by atoms with E-state index < -0.39 is 0 Å². The van der Waals surface area contributed by atoms with Crippen LogP contribution in [0.1, 0.15) is 23.6 Å². The molecule has 2 rings (SSSR count). The van der Waals surface area contributed by atoms with Crippen LogP contribution in [0.3, 0.4) is 0 Å². The zero-order chi connectivity index (χ0) is 12.1. The van der Waals surface area contributed by atoms with Crippen LogP contribution in [0.2, 0.25) is 0 Å². The number of hydrogen-bond donors (Lipinski definition) is 1. The normalized spacial score (nSPS) is 12.6. The maximum atomic E-state index is 9.45. The summed E-state index contributed by atoms with van der Waals surface area (Å²) in [6, 6.07) is 12.2. The third-order valence-corrected chi connectivity index (χ3v) is 3.16. The highest BCUT2D eigenvalue weighted by Gasteiger charge is 2.11. The molecule has 2 aromatic rings. The molecule has 1 heterocycles. The van der Waals surface area contributed by atoms with Gasteiger partial charge in [-0.1, -0.05) is 30.3 Å². The molecule has 0 saturated heterocycles. The van der Waals surface area contributed by atoms with Crippen molar-refractivity contribution in [1.29, 1.82) is 0 Å². The Kier molecular flexibility index (Phi) is 3.94. The lowest BCUT2D eigenvalue weighted by Crippen LogP contribution is -2.07. The zero-order valence-corrected chi connectivity index (χ0v) is 10.1. The molecule has 1 atom stereocenters. The molecule has 1 N–H and O–H groups in total. The van der Waals surface area contributed by atoms with Gasteiger partial charge in [0, 0.05) is 31.5 Å². The fraction of sp³-hybridized carbons (Fsp3) is 0.357. The number of hydrogen-bond acceptors (Lipinski definition) is 2. The van der Waals surface area contributed by atoms with Crippen LogP contribution >= 0.6 is 0 Å². The van der Waals surface area contributed by atoms with Crippen molar-refractivity contribution in [2.45, 2.75) is 18.8 Å². The van der Waals surface area contributed by atoms with E-state index in [0.717, 1.165) is 12.8 Å². The second kappa shape index (κ2) is 5.64. The van der Waals surface area contributed by atoms with Crippen LogP contribution in [-0.2, 0) is 13.5 Å². The van der Waals surface area contributed by atoms with Crippen molar-refractivity contribution in [1.82, 2.24) is 9.78 Å². The minimum Gasteiger partial charge on any atom is -0.396 e. The van der Waals surface area contributed by atoms with E-state index in [1.54, 1.807) is 0 Å². The van der Waals surface area contributed by atoms with E-state index in [1.165, 1.54) is 11.3 Å². The average molecular weight is 230 g/mol. The van der Waals surface area contributed by atoms with Gasteiger partial charge in [-0.25, -0.2) is 0 Å². The maximum absolute atomic E-state index is 9.45. The van der Waals surface area contributed by atoms with Gasteiger partial charge in [0.1, 0.15) is 0 Å². The molecular formula is C14H18N2O. The topological polar surface area (TPSA) is 38.0 Å². The third kappa shape index (κ3) is 2.94. The molecule has 1 aromatic heterocycles. The van der Waals surface area contributed by atoms with Crippen LogP contribution in [-0.4, -0.2) is 21.5 Å². The fourth-order valence-corrected chi connectivity index (χ4v) is 2.06. The molecule has 0 amide bonds. The number of benzene rings is 1. The van der Waals surface area contributed by atoms with Crippen LogP contribution in [0.5, 0.6) is 0 Å². The Bertz CT molecular complexity index is 450.